The molecule has 3 atom stereocenters. The van der Waals surface area contributed by atoms with Crippen LogP contribution in [0.25, 0.3) is 10.9 Å². The molecule has 204 valence electrons. The summed E-state index contributed by atoms with van der Waals surface area (Å²) in [5.41, 5.74) is -0.00190. The Balaban J connectivity index is 2.56. The van der Waals surface area contributed by atoms with Crippen molar-refractivity contribution < 1.29 is 28.0 Å². The molecule has 0 fully saturated rings. The molecule has 2 rings (SSSR count). The Kier molecular flexibility index (Phi) is 9.52. The van der Waals surface area contributed by atoms with Crippen molar-refractivity contribution in [2.75, 3.05) is 7.05 Å². The van der Waals surface area contributed by atoms with Gasteiger partial charge in [0, 0.05) is 7.05 Å². The topological polar surface area (TPSA) is 199 Å². The van der Waals surface area contributed by atoms with Gasteiger partial charge in [-0.3, -0.25) is 24.4 Å². The zero-order chi connectivity index (χ0) is 28.1. The Labute approximate surface area is 214 Å². The van der Waals surface area contributed by atoms with E-state index in [4.69, 9.17) is 0 Å². The van der Waals surface area contributed by atoms with Gasteiger partial charge in [-0.1, -0.05) is 40.7 Å². The van der Waals surface area contributed by atoms with E-state index < -0.39 is 61.6 Å². The molecule has 1 heterocycles. The van der Waals surface area contributed by atoms with Gasteiger partial charge in [0.15, 0.2) is 0 Å². The van der Waals surface area contributed by atoms with Gasteiger partial charge in [-0.2, -0.15) is 4.72 Å². The Bertz CT molecular complexity index is 1320. The second-order valence-electron chi connectivity index (χ2n) is 10.1. The van der Waals surface area contributed by atoms with E-state index in [2.05, 4.69) is 25.3 Å². The summed E-state index contributed by atoms with van der Waals surface area (Å²) in [5, 5.41) is 14.5. The Hall–Kier alpha value is -3.36. The van der Waals surface area contributed by atoms with Crippen LogP contribution in [-0.4, -0.2) is 60.4 Å². The van der Waals surface area contributed by atoms with Gasteiger partial charge in [0.05, 0.1) is 23.1 Å². The number of sulfonamides is 1. The Morgan fingerprint density at radius 1 is 1.11 bits per heavy atom. The first-order valence-corrected chi connectivity index (χ1v) is 13.1. The number of hydroxylamine groups is 1. The Morgan fingerprint density at radius 3 is 2.30 bits per heavy atom. The van der Waals surface area contributed by atoms with E-state index in [1.165, 1.54) is 30.7 Å². The maximum Gasteiger partial charge on any atom is 0.262 e. The lowest BCUT2D eigenvalue weighted by molar-refractivity contribution is -0.139. The number of hydrogen-bond donors (Lipinski definition) is 6. The quantitative estimate of drug-likeness (QED) is 0.179. The van der Waals surface area contributed by atoms with Crippen LogP contribution < -0.4 is 26.4 Å². The van der Waals surface area contributed by atoms with Crippen molar-refractivity contribution in [1.29, 1.82) is 0 Å². The number of carbonyl (C=O) groups excluding carboxylic acids is 3. The monoisotopic (exact) mass is 538 g/mol. The van der Waals surface area contributed by atoms with Gasteiger partial charge in [0.1, 0.15) is 17.0 Å². The third-order valence-electron chi connectivity index (χ3n) is 5.72. The summed E-state index contributed by atoms with van der Waals surface area (Å²) in [4.78, 5) is 56.7. The average molecular weight is 539 g/mol. The lowest BCUT2D eigenvalue weighted by atomic mass is 9.84. The molecule has 1 aromatic carbocycles. The number of fused-ring (bicyclic) bond motifs is 1. The number of nitrogens with zero attached hydrogens (tertiary/aromatic N) is 1. The highest BCUT2D eigenvalue weighted by Crippen LogP contribution is 2.24. The molecular weight excluding hydrogens is 504 g/mol. The van der Waals surface area contributed by atoms with Crippen molar-refractivity contribution in [2.24, 2.45) is 17.3 Å². The highest BCUT2D eigenvalue weighted by atomic mass is 32.2. The molecule has 3 amide bonds. The van der Waals surface area contributed by atoms with E-state index in [-0.39, 0.29) is 23.2 Å². The zero-order valence-electron chi connectivity index (χ0n) is 21.6. The van der Waals surface area contributed by atoms with Crippen LogP contribution in [0.4, 0.5) is 0 Å². The van der Waals surface area contributed by atoms with Crippen molar-refractivity contribution >= 4 is 38.6 Å². The highest BCUT2D eigenvalue weighted by Gasteiger charge is 2.41. The van der Waals surface area contributed by atoms with Gasteiger partial charge in [-0.05, 0) is 29.9 Å². The number of rotatable bonds is 10. The van der Waals surface area contributed by atoms with Crippen LogP contribution in [0.15, 0.2) is 34.2 Å². The van der Waals surface area contributed by atoms with E-state index >= 15 is 0 Å². The predicted molar refractivity (Wildman–Crippen MR) is 135 cm³/mol. The van der Waals surface area contributed by atoms with Crippen LogP contribution in [0.2, 0.25) is 0 Å². The summed E-state index contributed by atoms with van der Waals surface area (Å²) >= 11 is 0. The average Bonchev–Trinajstić information content (AvgIpc) is 2.82. The number of hydrogen-bond acceptors (Lipinski definition) is 8. The number of amides is 3. The minimum atomic E-state index is -4.55. The molecule has 0 radical (unpaired) electrons. The van der Waals surface area contributed by atoms with Crippen LogP contribution in [0, 0.1) is 17.3 Å². The maximum absolute atomic E-state index is 13.5. The van der Waals surface area contributed by atoms with Crippen LogP contribution in [0.3, 0.4) is 0 Å². The zero-order valence-corrected chi connectivity index (χ0v) is 22.4. The van der Waals surface area contributed by atoms with Gasteiger partial charge in [0.2, 0.25) is 21.8 Å². The van der Waals surface area contributed by atoms with E-state index in [1.807, 2.05) is 0 Å². The third-order valence-corrected chi connectivity index (χ3v) is 7.20. The van der Waals surface area contributed by atoms with Crippen molar-refractivity contribution in [3.8, 4) is 0 Å². The van der Waals surface area contributed by atoms with Crippen LogP contribution in [0.1, 0.15) is 41.0 Å². The van der Waals surface area contributed by atoms with Crippen LogP contribution >= 0.6 is 0 Å². The molecule has 1 aromatic heterocycles. The van der Waals surface area contributed by atoms with E-state index in [9.17, 15) is 32.8 Å². The summed E-state index contributed by atoms with van der Waals surface area (Å²) in [6.07, 6.45) is 1.08. The first-order chi connectivity index (χ1) is 17.1. The number of carbonyl (C=O) groups is 3. The number of nitrogens with one attached hydrogen (secondary N) is 5. The summed E-state index contributed by atoms with van der Waals surface area (Å²) in [6, 6.07) is 1.16. The number of H-pyrrole nitrogens is 1. The molecule has 37 heavy (non-hydrogen) atoms. The van der Waals surface area contributed by atoms with Crippen molar-refractivity contribution in [2.45, 2.75) is 58.0 Å². The smallest absolute Gasteiger partial charge is 0.262 e. The fraction of sp³-hybridized carbons (Fsp3) is 0.522. The van der Waals surface area contributed by atoms with Gasteiger partial charge in [-0.25, -0.2) is 18.9 Å². The summed E-state index contributed by atoms with van der Waals surface area (Å²) in [7, 11) is -3.13. The largest absolute Gasteiger partial charge is 0.357 e. The minimum Gasteiger partial charge on any atom is -0.357 e. The molecule has 0 saturated heterocycles. The van der Waals surface area contributed by atoms with Gasteiger partial charge in [-0.15, -0.1) is 0 Å². The molecule has 0 aliphatic heterocycles. The fourth-order valence-electron chi connectivity index (χ4n) is 3.88. The SMILES string of the molecule is CNC(=O)C(NC(=O)[C@@H](CC(C)C)C(NS(=O)(=O)c1cccc2c(=O)[nH]cnc12)C(=O)NO)C(C)(C)C. The van der Waals surface area contributed by atoms with E-state index in [1.54, 1.807) is 34.6 Å². The second-order valence-corrected chi connectivity index (χ2v) is 11.8. The molecule has 0 spiro atoms. The normalized spacial score (nSPS) is 14.6. The van der Waals surface area contributed by atoms with E-state index in [0.29, 0.717) is 0 Å². The number of aromatic amines is 1. The predicted octanol–water partition coefficient (Wildman–Crippen LogP) is 0.0146. The first kappa shape index (κ1) is 29.9. The highest BCUT2D eigenvalue weighted by molar-refractivity contribution is 7.89. The number of likely N-dealkylation sites (N-methyl/N-ethyl adjacent to an activating group) is 1. The lowest BCUT2D eigenvalue weighted by Gasteiger charge is -2.33. The summed E-state index contributed by atoms with van der Waals surface area (Å²) in [5.74, 6) is -3.91. The van der Waals surface area contributed by atoms with Crippen LogP contribution in [0.5, 0.6) is 0 Å². The first-order valence-electron chi connectivity index (χ1n) is 11.6. The second kappa shape index (κ2) is 11.8. The van der Waals surface area contributed by atoms with Gasteiger partial charge in [0.25, 0.3) is 11.5 Å². The van der Waals surface area contributed by atoms with Crippen molar-refractivity contribution in [3.05, 3.63) is 34.9 Å². The standard InChI is InChI=1S/C23H34N6O7S/c1-12(2)10-14(20(31)27-18(22(33)24-6)23(3,4)5)17(21(32)28-34)29-37(35,36)15-9-7-8-13-16(15)25-11-26-19(13)30/h7-9,11-12,14,17-18,29,34H,10H2,1-6H3,(H,24,33)(H,27,31)(H,28,32)(H,25,26,30)/t14-,17?,18?/m0/s1. The fourth-order valence-corrected chi connectivity index (χ4v) is 5.29. The molecule has 13 nitrogen and oxygen atoms in total. The molecule has 2 aromatic rings. The van der Waals surface area contributed by atoms with Gasteiger partial charge < -0.3 is 15.6 Å². The van der Waals surface area contributed by atoms with E-state index in [0.717, 1.165) is 6.33 Å². The van der Waals surface area contributed by atoms with Crippen molar-refractivity contribution in [3.63, 3.8) is 0 Å². The molecular formula is C23H34N6O7S. The molecule has 2 unspecified atom stereocenters. The minimum absolute atomic E-state index is 0.00334. The molecule has 6 N–H and O–H groups in total. The Morgan fingerprint density at radius 2 is 1.76 bits per heavy atom. The number of para-hydroxylation sites is 1. The molecule has 0 aliphatic rings. The number of benzene rings is 1. The van der Waals surface area contributed by atoms with Crippen molar-refractivity contribution in [1.82, 2.24) is 30.8 Å². The third kappa shape index (κ3) is 7.11. The summed E-state index contributed by atoms with van der Waals surface area (Å²) in [6.45, 7) is 8.74. The maximum atomic E-state index is 13.5. The van der Waals surface area contributed by atoms with Crippen LogP contribution in [-0.2, 0) is 24.4 Å². The number of aromatic nitrogens is 2. The summed E-state index contributed by atoms with van der Waals surface area (Å²) < 4.78 is 29.0. The molecule has 14 heteroatoms. The molecule has 0 bridgehead atoms. The van der Waals surface area contributed by atoms with Gasteiger partial charge >= 0.3 is 0 Å². The molecule has 0 aliphatic carbocycles. The lowest BCUT2D eigenvalue weighted by Crippen LogP contribution is -2.59. The molecule has 0 saturated carbocycles.